The second kappa shape index (κ2) is 6.00. The molecule has 0 aliphatic rings. The molecule has 3 aromatic rings. The lowest BCUT2D eigenvalue weighted by Gasteiger charge is -2.08. The van der Waals surface area contributed by atoms with Crippen molar-refractivity contribution in [1.29, 1.82) is 0 Å². The third-order valence-corrected chi connectivity index (χ3v) is 3.66. The normalized spacial score (nSPS) is 10.6. The maximum Gasteiger partial charge on any atom is 0.132 e. The van der Waals surface area contributed by atoms with Gasteiger partial charge in [0.2, 0.25) is 0 Å². The Morgan fingerprint density at radius 2 is 1.87 bits per heavy atom. The van der Waals surface area contributed by atoms with Gasteiger partial charge < -0.3 is 15.2 Å². The number of nitrogens with zero attached hydrogens (tertiary/aromatic N) is 3. The van der Waals surface area contributed by atoms with Crippen molar-refractivity contribution >= 4 is 5.69 Å². The van der Waals surface area contributed by atoms with Crippen LogP contribution in [0.1, 0.15) is 5.56 Å². The van der Waals surface area contributed by atoms with Gasteiger partial charge in [0.1, 0.15) is 17.2 Å². The van der Waals surface area contributed by atoms with Crippen molar-refractivity contribution in [3.8, 4) is 28.4 Å². The molecule has 1 aromatic heterocycles. The smallest absolute Gasteiger partial charge is 0.132 e. The summed E-state index contributed by atoms with van der Waals surface area (Å²) >= 11 is 0. The first-order chi connectivity index (χ1) is 11.1. The molecule has 0 fully saturated rings. The Bertz CT molecular complexity index is 842. The van der Waals surface area contributed by atoms with Gasteiger partial charge in [-0.25, -0.2) is 4.68 Å². The number of anilines is 1. The quantitative estimate of drug-likeness (QED) is 0.750. The molecule has 2 N–H and O–H groups in total. The van der Waals surface area contributed by atoms with Crippen molar-refractivity contribution in [2.45, 2.75) is 6.92 Å². The van der Waals surface area contributed by atoms with Crippen LogP contribution in [0.15, 0.2) is 42.6 Å². The standard InChI is InChI=1S/C17H18N4O2/c1-11-4-5-12(18)8-16(11)21-10-15(19-20-21)14-7-6-13(22-2)9-17(14)23-3/h4-10H,18H2,1-3H3. The first kappa shape index (κ1) is 14.9. The fourth-order valence-corrected chi connectivity index (χ4v) is 2.39. The molecular formula is C17H18N4O2. The Kier molecular flexibility index (Phi) is 3.89. The summed E-state index contributed by atoms with van der Waals surface area (Å²) in [5, 5.41) is 8.46. The number of methoxy groups -OCH3 is 2. The Labute approximate surface area is 134 Å². The van der Waals surface area contributed by atoms with Crippen LogP contribution in [-0.4, -0.2) is 29.2 Å². The number of hydrogen-bond acceptors (Lipinski definition) is 5. The summed E-state index contributed by atoms with van der Waals surface area (Å²) in [6, 6.07) is 11.3. The number of ether oxygens (including phenoxy) is 2. The maximum absolute atomic E-state index is 5.86. The minimum absolute atomic E-state index is 0.681. The Morgan fingerprint density at radius 3 is 2.61 bits per heavy atom. The third kappa shape index (κ3) is 2.83. The highest BCUT2D eigenvalue weighted by molar-refractivity contribution is 5.68. The van der Waals surface area contributed by atoms with Crippen LogP contribution in [0.2, 0.25) is 0 Å². The number of rotatable bonds is 4. The average Bonchev–Trinajstić information content (AvgIpc) is 3.06. The van der Waals surface area contributed by atoms with E-state index in [1.54, 1.807) is 18.9 Å². The Morgan fingerprint density at radius 1 is 1.04 bits per heavy atom. The van der Waals surface area contributed by atoms with Gasteiger partial charge in [-0.2, -0.15) is 0 Å². The monoisotopic (exact) mass is 310 g/mol. The molecule has 0 aliphatic heterocycles. The van der Waals surface area contributed by atoms with Crippen LogP contribution in [0.25, 0.3) is 16.9 Å². The lowest BCUT2D eigenvalue weighted by molar-refractivity contribution is 0.395. The van der Waals surface area contributed by atoms with Gasteiger partial charge in [-0.05, 0) is 36.8 Å². The SMILES string of the molecule is COc1ccc(-c2cn(-c3cc(N)ccc3C)nn2)c(OC)c1. The number of nitrogen functional groups attached to an aromatic ring is 1. The van der Waals surface area contributed by atoms with Gasteiger partial charge >= 0.3 is 0 Å². The molecule has 0 amide bonds. The van der Waals surface area contributed by atoms with Gasteiger partial charge in [0.15, 0.2) is 0 Å². The summed E-state index contributed by atoms with van der Waals surface area (Å²) in [6.07, 6.45) is 1.85. The molecule has 0 saturated carbocycles. The number of nitrogens with two attached hydrogens (primary N) is 1. The topological polar surface area (TPSA) is 75.2 Å². The molecule has 0 saturated heterocycles. The molecule has 1 heterocycles. The molecule has 6 nitrogen and oxygen atoms in total. The average molecular weight is 310 g/mol. The van der Waals surface area contributed by atoms with Crippen molar-refractivity contribution < 1.29 is 9.47 Å². The van der Waals surface area contributed by atoms with Gasteiger partial charge in [-0.1, -0.05) is 11.3 Å². The van der Waals surface area contributed by atoms with Crippen molar-refractivity contribution in [3.05, 3.63) is 48.2 Å². The van der Waals surface area contributed by atoms with E-state index >= 15 is 0 Å². The summed E-state index contributed by atoms with van der Waals surface area (Å²) < 4.78 is 12.4. The number of aryl methyl sites for hydroxylation is 1. The van der Waals surface area contributed by atoms with Gasteiger partial charge in [-0.3, -0.25) is 0 Å². The van der Waals surface area contributed by atoms with Crippen LogP contribution in [0, 0.1) is 6.92 Å². The molecule has 0 atom stereocenters. The van der Waals surface area contributed by atoms with Crippen molar-refractivity contribution in [3.63, 3.8) is 0 Å². The van der Waals surface area contributed by atoms with Crippen molar-refractivity contribution in [2.24, 2.45) is 0 Å². The zero-order chi connectivity index (χ0) is 16.4. The van der Waals surface area contributed by atoms with E-state index in [2.05, 4.69) is 10.3 Å². The molecule has 0 bridgehead atoms. The van der Waals surface area contributed by atoms with Gasteiger partial charge in [0, 0.05) is 17.3 Å². The predicted molar refractivity (Wildman–Crippen MR) is 89.0 cm³/mol. The summed E-state index contributed by atoms with van der Waals surface area (Å²) in [5.74, 6) is 1.41. The summed E-state index contributed by atoms with van der Waals surface area (Å²) in [4.78, 5) is 0. The van der Waals surface area contributed by atoms with E-state index in [1.807, 2.05) is 49.5 Å². The van der Waals surface area contributed by atoms with E-state index in [9.17, 15) is 0 Å². The molecule has 23 heavy (non-hydrogen) atoms. The maximum atomic E-state index is 5.86. The molecule has 2 aromatic carbocycles. The number of benzene rings is 2. The second-order valence-corrected chi connectivity index (χ2v) is 5.16. The van der Waals surface area contributed by atoms with Gasteiger partial charge in [0.25, 0.3) is 0 Å². The highest BCUT2D eigenvalue weighted by Gasteiger charge is 2.13. The molecule has 0 aliphatic carbocycles. The van der Waals surface area contributed by atoms with Gasteiger partial charge in [0.05, 0.1) is 26.1 Å². The van der Waals surface area contributed by atoms with E-state index in [0.29, 0.717) is 17.1 Å². The molecule has 0 unspecified atom stereocenters. The lowest BCUT2D eigenvalue weighted by Crippen LogP contribution is -1.99. The van der Waals surface area contributed by atoms with E-state index < -0.39 is 0 Å². The van der Waals surface area contributed by atoms with Crippen LogP contribution >= 0.6 is 0 Å². The van der Waals surface area contributed by atoms with Crippen LogP contribution in [-0.2, 0) is 0 Å². The Balaban J connectivity index is 2.04. The number of hydrogen-bond donors (Lipinski definition) is 1. The summed E-state index contributed by atoms with van der Waals surface area (Å²) in [5.41, 5.74) is 10.1. The molecule has 0 spiro atoms. The van der Waals surface area contributed by atoms with E-state index in [1.165, 1.54) is 0 Å². The minimum atomic E-state index is 0.681. The zero-order valence-electron chi connectivity index (χ0n) is 13.3. The van der Waals surface area contributed by atoms with Crippen LogP contribution in [0.3, 0.4) is 0 Å². The first-order valence-corrected chi connectivity index (χ1v) is 7.13. The van der Waals surface area contributed by atoms with E-state index in [4.69, 9.17) is 15.2 Å². The van der Waals surface area contributed by atoms with E-state index in [0.717, 1.165) is 22.6 Å². The number of aromatic nitrogens is 3. The van der Waals surface area contributed by atoms with E-state index in [-0.39, 0.29) is 0 Å². The highest BCUT2D eigenvalue weighted by Crippen LogP contribution is 2.32. The molecule has 0 radical (unpaired) electrons. The largest absolute Gasteiger partial charge is 0.497 e. The van der Waals surface area contributed by atoms with Crippen LogP contribution < -0.4 is 15.2 Å². The molecular weight excluding hydrogens is 292 g/mol. The summed E-state index contributed by atoms with van der Waals surface area (Å²) in [7, 11) is 3.23. The summed E-state index contributed by atoms with van der Waals surface area (Å²) in [6.45, 7) is 2.00. The second-order valence-electron chi connectivity index (χ2n) is 5.16. The molecule has 6 heteroatoms. The third-order valence-electron chi connectivity index (χ3n) is 3.66. The molecule has 118 valence electrons. The fraction of sp³-hybridized carbons (Fsp3) is 0.176. The van der Waals surface area contributed by atoms with Crippen molar-refractivity contribution in [2.75, 3.05) is 20.0 Å². The van der Waals surface area contributed by atoms with Crippen molar-refractivity contribution in [1.82, 2.24) is 15.0 Å². The predicted octanol–water partition coefficient (Wildman–Crippen LogP) is 2.84. The molecule has 3 rings (SSSR count). The van der Waals surface area contributed by atoms with Crippen LogP contribution in [0.5, 0.6) is 11.5 Å². The zero-order valence-corrected chi connectivity index (χ0v) is 13.3. The van der Waals surface area contributed by atoms with Crippen LogP contribution in [0.4, 0.5) is 5.69 Å². The minimum Gasteiger partial charge on any atom is -0.497 e. The Hall–Kier alpha value is -3.02. The lowest BCUT2D eigenvalue weighted by atomic mass is 10.1. The van der Waals surface area contributed by atoms with Gasteiger partial charge in [-0.15, -0.1) is 5.10 Å². The fourth-order valence-electron chi connectivity index (χ4n) is 2.39. The first-order valence-electron chi connectivity index (χ1n) is 7.13. The highest BCUT2D eigenvalue weighted by atomic mass is 16.5.